The summed E-state index contributed by atoms with van der Waals surface area (Å²) in [6, 6.07) is 7.08. The number of benzene rings is 2. The van der Waals surface area contributed by atoms with E-state index in [1.54, 1.807) is 31.2 Å². The maximum Gasteiger partial charge on any atom is 0.425 e. The van der Waals surface area contributed by atoms with Gasteiger partial charge >= 0.3 is 6.18 Å². The Balaban J connectivity index is 1.43. The average molecular weight is 747 g/mol. The van der Waals surface area contributed by atoms with Gasteiger partial charge in [0, 0.05) is 23.7 Å². The standard InChI is InChI=1S/C33H36Cl2F3N3O7S/c1-3-4-25(28(42)30(44)39-21-9-10-21)40-29(43)26-16-23(17-41(26)31(45)32(13-14-32)19-5-7-20(34)8-6-19)49(46,47)27-12-11-22(15-24(27)35)48-18(2)33(36,37)38/h5-8,11-12,15,18,21,23,25-26H,3-4,9-10,13-14,16-17H2,1-2H3,(H,39,44)(H,40,43)/t18?,23-,25?,26+/m1/s1. The molecule has 3 fully saturated rings. The average Bonchev–Trinajstić information content (AvgIpc) is 3.97. The van der Waals surface area contributed by atoms with Crippen LogP contribution in [-0.2, 0) is 34.4 Å². The van der Waals surface area contributed by atoms with E-state index in [4.69, 9.17) is 27.9 Å². The van der Waals surface area contributed by atoms with E-state index < -0.39 is 84.8 Å². The highest BCUT2D eigenvalue weighted by atomic mass is 35.5. The number of carbonyl (C=O) groups excluding carboxylic acids is 4. The van der Waals surface area contributed by atoms with Crippen LogP contribution in [0.25, 0.3) is 0 Å². The minimum absolute atomic E-state index is 0.0913. The first kappa shape index (κ1) is 36.9. The van der Waals surface area contributed by atoms with Gasteiger partial charge in [-0.15, -0.1) is 0 Å². The number of rotatable bonds is 13. The Morgan fingerprint density at radius 3 is 2.27 bits per heavy atom. The molecule has 2 aromatic rings. The lowest BCUT2D eigenvalue weighted by molar-refractivity contribution is -0.189. The normalized spacial score (nSPS) is 21.4. The molecule has 1 heterocycles. The van der Waals surface area contributed by atoms with Crippen LogP contribution in [0.5, 0.6) is 5.75 Å². The van der Waals surface area contributed by atoms with Crippen LogP contribution in [0.3, 0.4) is 0 Å². The number of likely N-dealkylation sites (tertiary alicyclic amines) is 1. The monoisotopic (exact) mass is 745 g/mol. The molecular weight excluding hydrogens is 710 g/mol. The Morgan fingerprint density at radius 1 is 1.06 bits per heavy atom. The molecule has 0 aromatic heterocycles. The van der Waals surface area contributed by atoms with Crippen LogP contribution >= 0.6 is 23.2 Å². The highest BCUT2D eigenvalue weighted by Crippen LogP contribution is 2.51. The lowest BCUT2D eigenvalue weighted by atomic mass is 9.94. The van der Waals surface area contributed by atoms with Gasteiger partial charge in [-0.1, -0.05) is 48.7 Å². The molecule has 1 saturated heterocycles. The number of alkyl halides is 3. The van der Waals surface area contributed by atoms with Crippen LogP contribution in [-0.4, -0.2) is 79.0 Å². The fraction of sp³-hybridized carbons (Fsp3) is 0.515. The first-order valence-electron chi connectivity index (χ1n) is 16.0. The Morgan fingerprint density at radius 2 is 1.71 bits per heavy atom. The first-order chi connectivity index (χ1) is 23.0. The predicted molar refractivity (Wildman–Crippen MR) is 174 cm³/mol. The van der Waals surface area contributed by atoms with Crippen LogP contribution in [0.15, 0.2) is 47.4 Å². The molecule has 2 aromatic carbocycles. The largest absolute Gasteiger partial charge is 0.481 e. The van der Waals surface area contributed by atoms with Gasteiger partial charge in [0.2, 0.25) is 17.6 Å². The number of ketones is 1. The van der Waals surface area contributed by atoms with E-state index in [2.05, 4.69) is 10.6 Å². The molecule has 4 atom stereocenters. The number of halogens is 5. The highest BCUT2D eigenvalue weighted by molar-refractivity contribution is 7.92. The third-order valence-corrected chi connectivity index (χ3v) is 12.0. The Bertz CT molecular complexity index is 1730. The number of sulfone groups is 1. The molecule has 3 amide bonds. The zero-order valence-corrected chi connectivity index (χ0v) is 29.0. The lowest BCUT2D eigenvalue weighted by Crippen LogP contribution is -2.54. The van der Waals surface area contributed by atoms with Crippen molar-refractivity contribution in [2.45, 2.75) is 105 Å². The minimum atomic E-state index is -4.67. The maximum absolute atomic E-state index is 14.3. The number of amides is 3. The summed E-state index contributed by atoms with van der Waals surface area (Å²) in [5.41, 5.74) is -0.369. The molecule has 1 aliphatic heterocycles. The van der Waals surface area contributed by atoms with Gasteiger partial charge < -0.3 is 20.3 Å². The van der Waals surface area contributed by atoms with Crippen LogP contribution in [0.4, 0.5) is 13.2 Å². The molecule has 49 heavy (non-hydrogen) atoms. The predicted octanol–water partition coefficient (Wildman–Crippen LogP) is 4.93. The topological polar surface area (TPSA) is 139 Å². The van der Waals surface area contributed by atoms with Crippen molar-refractivity contribution in [1.82, 2.24) is 15.5 Å². The van der Waals surface area contributed by atoms with Crippen molar-refractivity contribution < 1.29 is 45.5 Å². The third-order valence-electron chi connectivity index (χ3n) is 9.15. The van der Waals surface area contributed by atoms with E-state index in [1.807, 2.05) is 0 Å². The third kappa shape index (κ3) is 8.01. The molecule has 0 spiro atoms. The van der Waals surface area contributed by atoms with E-state index in [9.17, 15) is 40.8 Å². The number of hydrogen-bond donors (Lipinski definition) is 2. The maximum atomic E-state index is 14.3. The van der Waals surface area contributed by atoms with Crippen LogP contribution in [0, 0.1) is 0 Å². The number of nitrogens with one attached hydrogen (secondary N) is 2. The summed E-state index contributed by atoms with van der Waals surface area (Å²) in [5, 5.41) is 3.94. The smallest absolute Gasteiger partial charge is 0.425 e. The van der Waals surface area contributed by atoms with E-state index >= 15 is 0 Å². The van der Waals surface area contributed by atoms with Gasteiger partial charge in [0.15, 0.2) is 15.9 Å². The van der Waals surface area contributed by atoms with Crippen LogP contribution in [0.2, 0.25) is 10.0 Å². The highest BCUT2D eigenvalue weighted by Gasteiger charge is 2.57. The van der Waals surface area contributed by atoms with E-state index in [0.717, 1.165) is 38.0 Å². The summed E-state index contributed by atoms with van der Waals surface area (Å²) in [6.45, 7) is 2.16. The Hall–Kier alpha value is -3.36. The number of carbonyl (C=O) groups is 4. The zero-order valence-electron chi connectivity index (χ0n) is 26.7. The second-order valence-corrected chi connectivity index (χ2v) is 15.9. The molecule has 2 N–H and O–H groups in total. The molecule has 2 saturated carbocycles. The molecule has 2 aliphatic carbocycles. The quantitative estimate of drug-likeness (QED) is 0.278. The molecule has 3 aliphatic rings. The van der Waals surface area contributed by atoms with Crippen molar-refractivity contribution >= 4 is 56.5 Å². The fourth-order valence-corrected chi connectivity index (χ4v) is 8.35. The van der Waals surface area contributed by atoms with Gasteiger partial charge in [-0.05, 0) is 75.3 Å². The molecule has 2 unspecified atom stereocenters. The SMILES string of the molecule is CCCC(NC(=O)[C@@H]1C[C@@H](S(=O)(=O)c2ccc(OC(C)C(F)(F)F)cc2Cl)CN1C(=O)C1(c2ccc(Cl)cc2)CC1)C(=O)C(=O)NC1CC1. The number of nitrogens with zero attached hydrogens (tertiary/aromatic N) is 1. The summed E-state index contributed by atoms with van der Waals surface area (Å²) in [7, 11) is -4.38. The van der Waals surface area contributed by atoms with Gasteiger partial charge in [0.05, 0.1) is 26.6 Å². The summed E-state index contributed by atoms with van der Waals surface area (Å²) < 4.78 is 71.9. The van der Waals surface area contributed by atoms with E-state index in [0.29, 0.717) is 29.8 Å². The Kier molecular flexibility index (Phi) is 10.6. The van der Waals surface area contributed by atoms with Crippen LogP contribution < -0.4 is 15.4 Å². The minimum Gasteiger partial charge on any atom is -0.481 e. The lowest BCUT2D eigenvalue weighted by Gasteiger charge is -2.29. The molecule has 5 rings (SSSR count). The molecule has 0 bridgehead atoms. The summed E-state index contributed by atoms with van der Waals surface area (Å²) in [5.74, 6) is -3.23. The van der Waals surface area contributed by atoms with E-state index in [-0.39, 0.29) is 24.6 Å². The first-order valence-corrected chi connectivity index (χ1v) is 18.3. The number of Topliss-reactive ketones (excluding diaryl/α,β-unsaturated/α-hetero) is 1. The van der Waals surface area contributed by atoms with Crippen molar-refractivity contribution in [2.24, 2.45) is 0 Å². The number of ether oxygens (including phenoxy) is 1. The van der Waals surface area contributed by atoms with Gasteiger partial charge in [-0.25, -0.2) is 8.42 Å². The van der Waals surface area contributed by atoms with Gasteiger partial charge in [0.1, 0.15) is 11.8 Å². The van der Waals surface area contributed by atoms with Crippen molar-refractivity contribution in [1.29, 1.82) is 0 Å². The van der Waals surface area contributed by atoms with E-state index in [1.165, 1.54) is 4.90 Å². The second-order valence-electron chi connectivity index (χ2n) is 12.8. The van der Waals surface area contributed by atoms with Gasteiger partial charge in [0.25, 0.3) is 5.91 Å². The van der Waals surface area contributed by atoms with Gasteiger partial charge in [-0.3, -0.25) is 19.2 Å². The zero-order chi connectivity index (χ0) is 35.9. The second kappa shape index (κ2) is 14.1. The summed E-state index contributed by atoms with van der Waals surface area (Å²) in [4.78, 5) is 54.6. The van der Waals surface area contributed by atoms with Crippen molar-refractivity contribution in [3.05, 3.63) is 58.1 Å². The molecule has 266 valence electrons. The van der Waals surface area contributed by atoms with Gasteiger partial charge in [-0.2, -0.15) is 13.2 Å². The van der Waals surface area contributed by atoms with Crippen LogP contribution in [0.1, 0.15) is 64.4 Å². The number of hydrogen-bond acceptors (Lipinski definition) is 7. The molecule has 10 nitrogen and oxygen atoms in total. The van der Waals surface area contributed by atoms with Crippen molar-refractivity contribution in [2.75, 3.05) is 6.54 Å². The molecular formula is C33H36Cl2F3N3O7S. The summed E-state index contributed by atoms with van der Waals surface area (Å²) >= 11 is 12.3. The molecule has 16 heteroatoms. The molecule has 0 radical (unpaired) electrons. The summed E-state index contributed by atoms with van der Waals surface area (Å²) in [6.07, 6.45) is -4.25. The van der Waals surface area contributed by atoms with Crippen molar-refractivity contribution in [3.63, 3.8) is 0 Å². The van der Waals surface area contributed by atoms with Crippen molar-refractivity contribution in [3.8, 4) is 5.75 Å². The Labute approximate surface area is 291 Å². The fourth-order valence-electron chi connectivity index (χ4n) is 5.99.